The highest BCUT2D eigenvalue weighted by Crippen LogP contribution is 2.36. The Hall–Kier alpha value is -0.830. The van der Waals surface area contributed by atoms with E-state index in [2.05, 4.69) is 17.1 Å². The van der Waals surface area contributed by atoms with E-state index in [4.69, 9.17) is 5.73 Å². The molecule has 3 heteroatoms. The Morgan fingerprint density at radius 2 is 2.42 bits per heavy atom. The van der Waals surface area contributed by atoms with E-state index >= 15 is 0 Å². The zero-order chi connectivity index (χ0) is 8.60. The molecule has 1 saturated carbocycles. The van der Waals surface area contributed by atoms with E-state index in [0.29, 0.717) is 0 Å². The van der Waals surface area contributed by atoms with Crippen LogP contribution in [0.3, 0.4) is 0 Å². The maximum atomic E-state index is 5.98. The van der Waals surface area contributed by atoms with Gasteiger partial charge in [-0.3, -0.25) is 5.10 Å². The molecule has 1 aliphatic rings. The summed E-state index contributed by atoms with van der Waals surface area (Å²) < 4.78 is 0. The van der Waals surface area contributed by atoms with Crippen LogP contribution in [-0.4, -0.2) is 15.7 Å². The molecule has 66 valence electrons. The standard InChI is InChI=1S/C9H15N3/c1-7-6-11-12-8(7)2-3-9(10)4-5-9/h6H,2-5,10H2,1H3,(H,11,12). The molecule has 12 heavy (non-hydrogen) atoms. The normalized spacial score (nSPS) is 19.5. The summed E-state index contributed by atoms with van der Waals surface area (Å²) in [4.78, 5) is 0. The van der Waals surface area contributed by atoms with E-state index < -0.39 is 0 Å². The number of hydrogen-bond acceptors (Lipinski definition) is 2. The second kappa shape index (κ2) is 2.59. The van der Waals surface area contributed by atoms with Crippen molar-refractivity contribution in [1.82, 2.24) is 10.2 Å². The van der Waals surface area contributed by atoms with Gasteiger partial charge in [-0.05, 0) is 38.2 Å². The summed E-state index contributed by atoms with van der Waals surface area (Å²) in [5, 5.41) is 6.98. The van der Waals surface area contributed by atoms with Crippen LogP contribution in [0.2, 0.25) is 0 Å². The van der Waals surface area contributed by atoms with Gasteiger partial charge in [-0.25, -0.2) is 0 Å². The van der Waals surface area contributed by atoms with Crippen LogP contribution in [0.1, 0.15) is 30.5 Å². The SMILES string of the molecule is Cc1cn[nH]c1CCC1(N)CC1. The highest BCUT2D eigenvalue weighted by molar-refractivity contribution is 5.15. The molecule has 0 saturated heterocycles. The Morgan fingerprint density at radius 1 is 1.67 bits per heavy atom. The minimum atomic E-state index is 0.164. The van der Waals surface area contributed by atoms with Crippen molar-refractivity contribution in [3.8, 4) is 0 Å². The fourth-order valence-corrected chi connectivity index (χ4v) is 1.41. The van der Waals surface area contributed by atoms with Gasteiger partial charge in [-0.2, -0.15) is 5.10 Å². The lowest BCUT2D eigenvalue weighted by Crippen LogP contribution is -2.22. The molecule has 0 aliphatic heterocycles. The van der Waals surface area contributed by atoms with Crippen LogP contribution in [0.5, 0.6) is 0 Å². The molecule has 1 heterocycles. The Kier molecular flexibility index (Phi) is 1.68. The van der Waals surface area contributed by atoms with Crippen molar-refractivity contribution in [2.45, 2.75) is 38.1 Å². The van der Waals surface area contributed by atoms with Gasteiger partial charge in [-0.15, -0.1) is 0 Å². The first kappa shape index (κ1) is 7.80. The van der Waals surface area contributed by atoms with Crippen LogP contribution in [0, 0.1) is 6.92 Å². The molecular formula is C9H15N3. The summed E-state index contributed by atoms with van der Waals surface area (Å²) in [5.41, 5.74) is 8.63. The Balaban J connectivity index is 1.91. The molecule has 1 aromatic rings. The molecule has 1 aromatic heterocycles. The van der Waals surface area contributed by atoms with Crippen LogP contribution < -0.4 is 5.73 Å². The lowest BCUT2D eigenvalue weighted by Gasteiger charge is -2.06. The highest BCUT2D eigenvalue weighted by Gasteiger charge is 2.37. The molecule has 0 amide bonds. The smallest absolute Gasteiger partial charge is 0.0519 e. The zero-order valence-electron chi connectivity index (χ0n) is 7.43. The topological polar surface area (TPSA) is 54.7 Å². The van der Waals surface area contributed by atoms with Crippen LogP contribution in [0.15, 0.2) is 6.20 Å². The van der Waals surface area contributed by atoms with Crippen molar-refractivity contribution in [2.24, 2.45) is 5.73 Å². The van der Waals surface area contributed by atoms with Gasteiger partial charge in [0.2, 0.25) is 0 Å². The summed E-state index contributed by atoms with van der Waals surface area (Å²) >= 11 is 0. The number of nitrogens with zero attached hydrogens (tertiary/aromatic N) is 1. The van der Waals surface area contributed by atoms with Gasteiger partial charge in [0.15, 0.2) is 0 Å². The van der Waals surface area contributed by atoms with Crippen molar-refractivity contribution in [3.63, 3.8) is 0 Å². The molecule has 1 fully saturated rings. The first-order chi connectivity index (χ1) is 5.70. The molecule has 0 aromatic carbocycles. The third-order valence-electron chi connectivity index (χ3n) is 2.70. The molecule has 3 N–H and O–H groups in total. The Morgan fingerprint density at radius 3 is 2.92 bits per heavy atom. The number of nitrogens with one attached hydrogen (secondary N) is 1. The van der Waals surface area contributed by atoms with E-state index in [-0.39, 0.29) is 5.54 Å². The average molecular weight is 165 g/mol. The molecule has 0 radical (unpaired) electrons. The largest absolute Gasteiger partial charge is 0.325 e. The van der Waals surface area contributed by atoms with Gasteiger partial charge < -0.3 is 5.73 Å². The molecular weight excluding hydrogens is 150 g/mol. The molecule has 0 bridgehead atoms. The van der Waals surface area contributed by atoms with Crippen molar-refractivity contribution in [2.75, 3.05) is 0 Å². The zero-order valence-corrected chi connectivity index (χ0v) is 7.43. The predicted octanol–water partition coefficient (Wildman–Crippen LogP) is 1.14. The van der Waals surface area contributed by atoms with Crippen LogP contribution in [0.4, 0.5) is 0 Å². The average Bonchev–Trinajstić information content (AvgIpc) is 2.61. The third kappa shape index (κ3) is 1.50. The quantitative estimate of drug-likeness (QED) is 0.705. The Bertz CT molecular complexity index is 273. The van der Waals surface area contributed by atoms with Crippen molar-refractivity contribution >= 4 is 0 Å². The van der Waals surface area contributed by atoms with Gasteiger partial charge in [-0.1, -0.05) is 0 Å². The van der Waals surface area contributed by atoms with Crippen molar-refractivity contribution < 1.29 is 0 Å². The lowest BCUT2D eigenvalue weighted by molar-refractivity contribution is 0.601. The van der Waals surface area contributed by atoms with E-state index in [1.807, 2.05) is 6.20 Å². The summed E-state index contributed by atoms with van der Waals surface area (Å²) in [7, 11) is 0. The lowest BCUT2D eigenvalue weighted by atomic mass is 10.1. The maximum absolute atomic E-state index is 5.98. The number of aromatic amines is 1. The number of H-pyrrole nitrogens is 1. The van der Waals surface area contributed by atoms with Crippen LogP contribution in [-0.2, 0) is 6.42 Å². The first-order valence-corrected chi connectivity index (χ1v) is 4.47. The van der Waals surface area contributed by atoms with Gasteiger partial charge in [0.25, 0.3) is 0 Å². The molecule has 0 unspecified atom stereocenters. The van der Waals surface area contributed by atoms with Gasteiger partial charge in [0.1, 0.15) is 0 Å². The Labute approximate surface area is 72.4 Å². The fraction of sp³-hybridized carbons (Fsp3) is 0.667. The first-order valence-electron chi connectivity index (χ1n) is 4.47. The van der Waals surface area contributed by atoms with Gasteiger partial charge in [0, 0.05) is 11.2 Å². The summed E-state index contributed by atoms with van der Waals surface area (Å²) in [6.07, 6.45) is 6.39. The maximum Gasteiger partial charge on any atom is 0.0519 e. The van der Waals surface area contributed by atoms with Gasteiger partial charge in [0.05, 0.1) is 6.20 Å². The van der Waals surface area contributed by atoms with Gasteiger partial charge >= 0.3 is 0 Å². The minimum absolute atomic E-state index is 0.164. The van der Waals surface area contributed by atoms with Crippen molar-refractivity contribution in [1.29, 1.82) is 0 Å². The molecule has 3 nitrogen and oxygen atoms in total. The van der Waals surface area contributed by atoms with E-state index in [0.717, 1.165) is 12.8 Å². The summed E-state index contributed by atoms with van der Waals surface area (Å²) in [5.74, 6) is 0. The van der Waals surface area contributed by atoms with E-state index in [1.165, 1.54) is 24.1 Å². The van der Waals surface area contributed by atoms with E-state index in [9.17, 15) is 0 Å². The molecule has 2 rings (SSSR count). The third-order valence-corrected chi connectivity index (χ3v) is 2.70. The van der Waals surface area contributed by atoms with Crippen LogP contribution >= 0.6 is 0 Å². The second-order valence-corrected chi connectivity index (χ2v) is 3.89. The minimum Gasteiger partial charge on any atom is -0.325 e. The van der Waals surface area contributed by atoms with Crippen LogP contribution in [0.25, 0.3) is 0 Å². The number of nitrogens with two attached hydrogens (primary N) is 1. The monoisotopic (exact) mass is 165 g/mol. The second-order valence-electron chi connectivity index (χ2n) is 3.89. The number of rotatable bonds is 3. The summed E-state index contributed by atoms with van der Waals surface area (Å²) in [6.45, 7) is 2.08. The number of hydrogen-bond donors (Lipinski definition) is 2. The van der Waals surface area contributed by atoms with Crippen molar-refractivity contribution in [3.05, 3.63) is 17.5 Å². The molecule has 0 spiro atoms. The molecule has 0 atom stereocenters. The molecule has 1 aliphatic carbocycles. The fourth-order valence-electron chi connectivity index (χ4n) is 1.41. The predicted molar refractivity (Wildman–Crippen MR) is 47.8 cm³/mol. The number of aromatic nitrogens is 2. The summed E-state index contributed by atoms with van der Waals surface area (Å²) in [6, 6.07) is 0. The number of aryl methyl sites for hydroxylation is 2. The van der Waals surface area contributed by atoms with E-state index in [1.54, 1.807) is 0 Å². The highest BCUT2D eigenvalue weighted by atomic mass is 15.1.